The van der Waals surface area contributed by atoms with Crippen molar-refractivity contribution >= 4 is 11.6 Å². The quantitative estimate of drug-likeness (QED) is 0.798. The van der Waals surface area contributed by atoms with Crippen LogP contribution in [0.3, 0.4) is 0 Å². The summed E-state index contributed by atoms with van der Waals surface area (Å²) in [6, 6.07) is 15.6. The summed E-state index contributed by atoms with van der Waals surface area (Å²) in [4.78, 5) is 21.1. The van der Waals surface area contributed by atoms with Gasteiger partial charge in [0.1, 0.15) is 0 Å². The summed E-state index contributed by atoms with van der Waals surface area (Å²) < 4.78 is 5.95. The van der Waals surface area contributed by atoms with Gasteiger partial charge in [-0.1, -0.05) is 30.3 Å². The van der Waals surface area contributed by atoms with E-state index in [1.165, 1.54) is 0 Å². The first kappa shape index (κ1) is 15.3. The summed E-state index contributed by atoms with van der Waals surface area (Å²) in [7, 11) is 0. The van der Waals surface area contributed by atoms with E-state index in [1.54, 1.807) is 37.6 Å². The number of amides is 1. The molecule has 5 heteroatoms. The number of carbonyl (C=O) groups excluding carboxylic acids is 1. The van der Waals surface area contributed by atoms with E-state index in [0.29, 0.717) is 18.0 Å². The van der Waals surface area contributed by atoms with E-state index in [-0.39, 0.29) is 5.91 Å². The zero-order valence-corrected chi connectivity index (χ0v) is 13.8. The van der Waals surface area contributed by atoms with Gasteiger partial charge in [-0.2, -0.15) is 0 Å². The van der Waals surface area contributed by atoms with Gasteiger partial charge in [-0.15, -0.1) is 0 Å². The predicted octanol–water partition coefficient (Wildman–Crippen LogP) is 3.48. The molecule has 1 aromatic carbocycles. The van der Waals surface area contributed by atoms with Crippen LogP contribution in [0, 0.1) is 0 Å². The number of nitrogens with zero attached hydrogens (tertiary/aromatic N) is 2. The molecule has 1 unspecified atom stereocenters. The van der Waals surface area contributed by atoms with Crippen molar-refractivity contribution in [1.29, 1.82) is 0 Å². The molecule has 0 spiro atoms. The summed E-state index contributed by atoms with van der Waals surface area (Å²) in [5.41, 5.74) is 2.73. The van der Waals surface area contributed by atoms with Crippen molar-refractivity contribution in [3.05, 3.63) is 72.7 Å². The fourth-order valence-corrected chi connectivity index (χ4v) is 3.03. The third-order valence-corrected chi connectivity index (χ3v) is 4.34. The maximum absolute atomic E-state index is 12.8. The Kier molecular flexibility index (Phi) is 3.69. The monoisotopic (exact) mass is 331 g/mol. The second kappa shape index (κ2) is 6.02. The summed E-state index contributed by atoms with van der Waals surface area (Å²) in [6.45, 7) is 1.79. The lowest BCUT2D eigenvalue weighted by Gasteiger charge is -2.22. The van der Waals surface area contributed by atoms with E-state index in [9.17, 15) is 4.79 Å². The number of ether oxygens (including phenoxy) is 1. The standard InChI is InChI=1S/C20H17N3O2/c1-20(19(24)23-15-8-5-10-21-13-15)12-17-16(9-11-22-18(17)25-20)14-6-3-2-4-7-14/h2-11,13H,12H2,1H3,(H,23,24). The van der Waals surface area contributed by atoms with Crippen LogP contribution in [0.5, 0.6) is 5.88 Å². The maximum Gasteiger partial charge on any atom is 0.268 e. The number of rotatable bonds is 3. The number of hydrogen-bond donors (Lipinski definition) is 1. The minimum Gasteiger partial charge on any atom is -0.461 e. The third kappa shape index (κ3) is 2.85. The Balaban J connectivity index is 1.63. The molecule has 5 nitrogen and oxygen atoms in total. The minimum absolute atomic E-state index is 0.211. The van der Waals surface area contributed by atoms with Crippen LogP contribution in [0.1, 0.15) is 12.5 Å². The second-order valence-corrected chi connectivity index (χ2v) is 6.21. The number of aromatic nitrogens is 2. The minimum atomic E-state index is -1.00. The Morgan fingerprint density at radius 2 is 1.96 bits per heavy atom. The van der Waals surface area contributed by atoms with Gasteiger partial charge in [0.15, 0.2) is 5.60 Å². The van der Waals surface area contributed by atoms with Crippen molar-refractivity contribution in [2.45, 2.75) is 18.9 Å². The molecule has 2 aromatic heterocycles. The number of carbonyl (C=O) groups is 1. The molecule has 4 rings (SSSR count). The van der Waals surface area contributed by atoms with E-state index in [1.807, 2.05) is 36.4 Å². The van der Waals surface area contributed by atoms with Gasteiger partial charge in [-0.05, 0) is 36.2 Å². The van der Waals surface area contributed by atoms with Gasteiger partial charge in [-0.3, -0.25) is 9.78 Å². The molecule has 1 aliphatic heterocycles. The molecule has 0 radical (unpaired) electrons. The molecule has 1 atom stereocenters. The predicted molar refractivity (Wildman–Crippen MR) is 95.3 cm³/mol. The van der Waals surface area contributed by atoms with Crippen molar-refractivity contribution in [2.75, 3.05) is 5.32 Å². The van der Waals surface area contributed by atoms with Gasteiger partial charge >= 0.3 is 0 Å². The zero-order valence-electron chi connectivity index (χ0n) is 13.8. The summed E-state index contributed by atoms with van der Waals surface area (Å²) in [5.74, 6) is 0.308. The Bertz CT molecular complexity index is 913. The molecular weight excluding hydrogens is 314 g/mol. The lowest BCUT2D eigenvalue weighted by Crippen LogP contribution is -2.44. The van der Waals surface area contributed by atoms with Gasteiger partial charge in [0.05, 0.1) is 11.9 Å². The normalized spacial score (nSPS) is 18.3. The third-order valence-electron chi connectivity index (χ3n) is 4.34. The van der Waals surface area contributed by atoms with Crippen LogP contribution in [-0.4, -0.2) is 21.5 Å². The van der Waals surface area contributed by atoms with Crippen LogP contribution in [0.25, 0.3) is 11.1 Å². The molecule has 1 aliphatic rings. The number of nitrogens with one attached hydrogen (secondary N) is 1. The van der Waals surface area contributed by atoms with Gasteiger partial charge in [0, 0.05) is 24.4 Å². The van der Waals surface area contributed by atoms with E-state index in [2.05, 4.69) is 15.3 Å². The molecular formula is C20H17N3O2. The average molecular weight is 331 g/mol. The first-order valence-corrected chi connectivity index (χ1v) is 8.09. The maximum atomic E-state index is 12.8. The highest BCUT2D eigenvalue weighted by Gasteiger charge is 2.43. The molecule has 3 aromatic rings. The smallest absolute Gasteiger partial charge is 0.268 e. The highest BCUT2D eigenvalue weighted by Crippen LogP contribution is 2.39. The fourth-order valence-electron chi connectivity index (χ4n) is 3.03. The number of pyridine rings is 2. The highest BCUT2D eigenvalue weighted by atomic mass is 16.5. The van der Waals surface area contributed by atoms with E-state index < -0.39 is 5.60 Å². The van der Waals surface area contributed by atoms with E-state index in [0.717, 1.165) is 16.7 Å². The highest BCUT2D eigenvalue weighted by molar-refractivity contribution is 5.98. The Labute approximate surface area is 145 Å². The second-order valence-electron chi connectivity index (χ2n) is 6.21. The van der Waals surface area contributed by atoms with Crippen LogP contribution in [-0.2, 0) is 11.2 Å². The van der Waals surface area contributed by atoms with Gasteiger partial charge in [0.2, 0.25) is 5.88 Å². The van der Waals surface area contributed by atoms with Crippen molar-refractivity contribution < 1.29 is 9.53 Å². The van der Waals surface area contributed by atoms with Gasteiger partial charge in [-0.25, -0.2) is 4.98 Å². The molecule has 0 saturated heterocycles. The van der Waals surface area contributed by atoms with Crippen LogP contribution in [0.15, 0.2) is 67.1 Å². The Morgan fingerprint density at radius 1 is 1.12 bits per heavy atom. The molecule has 25 heavy (non-hydrogen) atoms. The van der Waals surface area contributed by atoms with Gasteiger partial charge < -0.3 is 10.1 Å². The van der Waals surface area contributed by atoms with Crippen LogP contribution < -0.4 is 10.1 Å². The number of benzene rings is 1. The summed E-state index contributed by atoms with van der Waals surface area (Å²) in [5, 5.41) is 2.86. The summed E-state index contributed by atoms with van der Waals surface area (Å²) >= 11 is 0. The number of anilines is 1. The van der Waals surface area contributed by atoms with Gasteiger partial charge in [0.25, 0.3) is 5.91 Å². The first-order chi connectivity index (χ1) is 12.2. The molecule has 3 heterocycles. The Morgan fingerprint density at radius 3 is 2.72 bits per heavy atom. The zero-order chi connectivity index (χ0) is 17.3. The van der Waals surface area contributed by atoms with Crippen LogP contribution >= 0.6 is 0 Å². The lowest BCUT2D eigenvalue weighted by molar-refractivity contribution is -0.128. The topological polar surface area (TPSA) is 64.1 Å². The summed E-state index contributed by atoms with van der Waals surface area (Å²) in [6.07, 6.45) is 5.45. The van der Waals surface area contributed by atoms with E-state index >= 15 is 0 Å². The lowest BCUT2D eigenvalue weighted by atomic mass is 9.93. The molecule has 1 N–H and O–H groups in total. The molecule has 0 saturated carbocycles. The molecule has 0 aliphatic carbocycles. The largest absolute Gasteiger partial charge is 0.461 e. The number of hydrogen-bond acceptors (Lipinski definition) is 4. The first-order valence-electron chi connectivity index (χ1n) is 8.09. The molecule has 0 bridgehead atoms. The van der Waals surface area contributed by atoms with Crippen molar-refractivity contribution in [3.63, 3.8) is 0 Å². The molecule has 1 amide bonds. The fraction of sp³-hybridized carbons (Fsp3) is 0.150. The average Bonchev–Trinajstić information content (AvgIpc) is 3.01. The van der Waals surface area contributed by atoms with E-state index in [4.69, 9.17) is 4.74 Å². The van der Waals surface area contributed by atoms with Crippen molar-refractivity contribution in [1.82, 2.24) is 9.97 Å². The van der Waals surface area contributed by atoms with Crippen LogP contribution in [0.4, 0.5) is 5.69 Å². The van der Waals surface area contributed by atoms with Crippen molar-refractivity contribution in [2.24, 2.45) is 0 Å². The van der Waals surface area contributed by atoms with Crippen LogP contribution in [0.2, 0.25) is 0 Å². The Hall–Kier alpha value is -3.21. The molecule has 0 fully saturated rings. The van der Waals surface area contributed by atoms with Crippen molar-refractivity contribution in [3.8, 4) is 17.0 Å². The number of fused-ring (bicyclic) bond motifs is 1. The SMILES string of the molecule is CC1(C(=O)Nc2cccnc2)Cc2c(-c3ccccc3)ccnc2O1. The molecule has 124 valence electrons.